The Kier molecular flexibility index (Phi) is 5.73. The monoisotopic (exact) mass is 528 g/mol. The number of halogens is 3. The van der Waals surface area contributed by atoms with Crippen molar-refractivity contribution in [3.05, 3.63) is 77.5 Å². The molecule has 0 radical (unpaired) electrons. The number of aryl methyl sites for hydroxylation is 2. The van der Waals surface area contributed by atoms with Gasteiger partial charge in [0.05, 0.1) is 16.4 Å². The van der Waals surface area contributed by atoms with E-state index >= 15 is 0 Å². The Balaban J connectivity index is 1.70. The van der Waals surface area contributed by atoms with E-state index in [1.165, 1.54) is 35.7 Å². The minimum atomic E-state index is -4.30. The van der Waals surface area contributed by atoms with Crippen LogP contribution in [0, 0.1) is 18.3 Å². The maximum absolute atomic E-state index is 13.9. The highest BCUT2D eigenvalue weighted by atomic mass is 19.4. The Bertz CT molecular complexity index is 1800. The fourth-order valence-electron chi connectivity index (χ4n) is 6.23. The molecule has 1 aliphatic heterocycles. The van der Waals surface area contributed by atoms with Crippen LogP contribution in [0.25, 0.3) is 43.6 Å². The zero-order valence-electron chi connectivity index (χ0n) is 23.3. The highest BCUT2D eigenvalue weighted by molar-refractivity contribution is 6.16. The summed E-state index contributed by atoms with van der Waals surface area (Å²) in [6.45, 7) is 9.12. The van der Waals surface area contributed by atoms with Gasteiger partial charge in [-0.25, -0.2) is 4.57 Å². The second-order valence-electron chi connectivity index (χ2n) is 12.1. The number of ether oxygens (including phenoxy) is 1. The lowest BCUT2D eigenvalue weighted by Crippen LogP contribution is -2.34. The quantitative estimate of drug-likeness (QED) is 0.164. The number of nitrogens with zero attached hydrogens (tertiary/aromatic N) is 1. The highest BCUT2D eigenvalue weighted by Gasteiger charge is 2.47. The maximum Gasteiger partial charge on any atom is 0.394 e. The number of benzene rings is 4. The van der Waals surface area contributed by atoms with Gasteiger partial charge in [-0.3, -0.25) is 0 Å². The van der Waals surface area contributed by atoms with E-state index in [-0.39, 0.29) is 6.42 Å². The number of fused-ring (bicyclic) bond motifs is 5. The molecular weight excluding hydrogens is 495 g/mol. The van der Waals surface area contributed by atoms with Gasteiger partial charge in [-0.2, -0.15) is 13.2 Å². The molecule has 0 bridgehead atoms. The summed E-state index contributed by atoms with van der Waals surface area (Å²) in [5.74, 6) is 1.98. The first kappa shape index (κ1) is 25.7. The van der Waals surface area contributed by atoms with Crippen LogP contribution in [0.3, 0.4) is 0 Å². The highest BCUT2D eigenvalue weighted by Crippen LogP contribution is 2.53. The van der Waals surface area contributed by atoms with Crippen molar-refractivity contribution in [3.8, 4) is 22.8 Å². The molecule has 0 spiro atoms. The summed E-state index contributed by atoms with van der Waals surface area (Å²) in [6, 6.07) is 18.2. The lowest BCUT2D eigenvalue weighted by molar-refractivity contribution is -0.659. The van der Waals surface area contributed by atoms with E-state index in [4.69, 9.17) is 4.74 Å². The summed E-state index contributed by atoms with van der Waals surface area (Å²) in [5.41, 5.74) is 3.35. The molecule has 0 unspecified atom stereocenters. The third-order valence-electron chi connectivity index (χ3n) is 8.33. The Labute approximate surface area is 227 Å². The van der Waals surface area contributed by atoms with E-state index in [0.29, 0.717) is 17.2 Å². The van der Waals surface area contributed by atoms with Crippen molar-refractivity contribution in [2.24, 2.45) is 18.4 Å². The lowest BCUT2D eigenvalue weighted by atomic mass is 9.82. The van der Waals surface area contributed by atoms with E-state index in [1.54, 1.807) is 0 Å². The second kappa shape index (κ2) is 8.70. The number of hydrogen-bond donors (Lipinski definition) is 0. The van der Waals surface area contributed by atoms with Gasteiger partial charge in [0.2, 0.25) is 5.69 Å². The zero-order valence-corrected chi connectivity index (χ0v) is 23.3. The molecule has 6 rings (SSSR count). The molecule has 2 heterocycles. The van der Waals surface area contributed by atoms with Crippen LogP contribution in [0.4, 0.5) is 13.2 Å². The van der Waals surface area contributed by atoms with Crippen molar-refractivity contribution >= 4 is 32.3 Å². The van der Waals surface area contributed by atoms with Crippen LogP contribution in [0.2, 0.25) is 0 Å². The van der Waals surface area contributed by atoms with E-state index in [2.05, 4.69) is 68.9 Å². The lowest BCUT2D eigenvalue weighted by Gasteiger charge is -2.29. The molecule has 0 saturated heterocycles. The Morgan fingerprint density at radius 2 is 1.56 bits per heavy atom. The molecule has 5 aromatic rings. The Hall–Kier alpha value is -3.60. The van der Waals surface area contributed by atoms with E-state index in [0.717, 1.165) is 45.0 Å². The van der Waals surface area contributed by atoms with Crippen LogP contribution >= 0.6 is 0 Å². The molecule has 0 aliphatic carbocycles. The SMILES string of the molecule is Cc1c2c(c(CC(C)C)c3ccccc13)Oc1cc3c(CC(C)(C)C(F)(F)F)cccc3c3cc[n+](C)c-2c13. The van der Waals surface area contributed by atoms with Gasteiger partial charge in [-0.1, -0.05) is 70.2 Å². The van der Waals surface area contributed by atoms with Gasteiger partial charge in [-0.15, -0.1) is 0 Å². The largest absolute Gasteiger partial charge is 0.455 e. The molecule has 1 aliphatic rings. The molecule has 1 aromatic heterocycles. The molecule has 200 valence electrons. The summed E-state index contributed by atoms with van der Waals surface area (Å²) >= 11 is 0. The van der Waals surface area contributed by atoms with Crippen LogP contribution in [0.15, 0.2) is 60.8 Å². The molecule has 0 amide bonds. The average Bonchev–Trinajstić information content (AvgIpc) is 2.87. The summed E-state index contributed by atoms with van der Waals surface area (Å²) in [7, 11) is 2.05. The first-order valence-electron chi connectivity index (χ1n) is 13.5. The van der Waals surface area contributed by atoms with E-state index < -0.39 is 11.6 Å². The zero-order chi connectivity index (χ0) is 27.9. The van der Waals surface area contributed by atoms with Gasteiger partial charge in [0.15, 0.2) is 6.20 Å². The van der Waals surface area contributed by atoms with Crippen LogP contribution in [-0.4, -0.2) is 6.18 Å². The summed E-state index contributed by atoms with van der Waals surface area (Å²) in [6.07, 6.45) is -1.50. The van der Waals surface area contributed by atoms with Crippen molar-refractivity contribution in [1.82, 2.24) is 0 Å². The third kappa shape index (κ3) is 3.89. The van der Waals surface area contributed by atoms with Crippen molar-refractivity contribution in [3.63, 3.8) is 0 Å². The van der Waals surface area contributed by atoms with Crippen molar-refractivity contribution in [2.45, 2.75) is 53.6 Å². The van der Waals surface area contributed by atoms with E-state index in [9.17, 15) is 13.2 Å². The summed E-state index contributed by atoms with van der Waals surface area (Å²) < 4.78 is 50.6. The number of rotatable bonds is 4. The Morgan fingerprint density at radius 3 is 2.26 bits per heavy atom. The molecular formula is C34H33F3NO+. The van der Waals surface area contributed by atoms with Crippen molar-refractivity contribution in [2.75, 3.05) is 0 Å². The first-order chi connectivity index (χ1) is 18.4. The van der Waals surface area contributed by atoms with E-state index in [1.807, 2.05) is 24.3 Å². The molecule has 0 N–H and O–H groups in total. The molecule has 0 fully saturated rings. The molecule has 2 nitrogen and oxygen atoms in total. The van der Waals surface area contributed by atoms with Gasteiger partial charge in [0, 0.05) is 17.0 Å². The first-order valence-corrected chi connectivity index (χ1v) is 13.5. The molecule has 0 atom stereocenters. The van der Waals surface area contributed by atoms with Gasteiger partial charge in [0.25, 0.3) is 0 Å². The normalized spacial score (nSPS) is 13.4. The standard InChI is InChI=1S/C34H33F3NO/c1-19(2)16-27-23-12-8-7-11-22(23)20(3)29-31-30-25(14-15-38(31)6)24-13-9-10-21(18-33(4,5)34(35,36)37)26(24)17-28(30)39-32(27)29/h7-15,17,19H,16,18H2,1-6H3/q+1. The fraction of sp³-hybridized carbons (Fsp3) is 0.324. The molecule has 5 heteroatoms. The smallest absolute Gasteiger partial charge is 0.394 e. The number of hydrogen-bond acceptors (Lipinski definition) is 1. The fourth-order valence-corrected chi connectivity index (χ4v) is 6.23. The maximum atomic E-state index is 13.9. The minimum Gasteiger partial charge on any atom is -0.455 e. The van der Waals surface area contributed by atoms with Crippen LogP contribution < -0.4 is 9.30 Å². The van der Waals surface area contributed by atoms with Gasteiger partial charge >= 0.3 is 6.18 Å². The molecule has 4 aromatic carbocycles. The van der Waals surface area contributed by atoms with Gasteiger partial charge < -0.3 is 4.74 Å². The van der Waals surface area contributed by atoms with Gasteiger partial charge in [0.1, 0.15) is 18.5 Å². The van der Waals surface area contributed by atoms with Gasteiger partial charge in [-0.05, 0) is 64.4 Å². The number of alkyl halides is 3. The number of pyridine rings is 1. The van der Waals surface area contributed by atoms with Crippen molar-refractivity contribution < 1.29 is 22.5 Å². The minimum absolute atomic E-state index is 0.106. The molecule has 0 saturated carbocycles. The summed E-state index contributed by atoms with van der Waals surface area (Å²) in [4.78, 5) is 0. The predicted octanol–water partition coefficient (Wildman–Crippen LogP) is 9.38. The van der Waals surface area contributed by atoms with Crippen LogP contribution in [0.1, 0.15) is 44.4 Å². The number of aromatic nitrogens is 1. The van der Waals surface area contributed by atoms with Crippen LogP contribution in [-0.2, 0) is 19.9 Å². The predicted molar refractivity (Wildman–Crippen MR) is 152 cm³/mol. The molecule has 39 heavy (non-hydrogen) atoms. The summed E-state index contributed by atoms with van der Waals surface area (Å²) in [5, 5.41) is 6.15. The average molecular weight is 529 g/mol. The van der Waals surface area contributed by atoms with Crippen molar-refractivity contribution in [1.29, 1.82) is 0 Å². The third-order valence-corrected chi connectivity index (χ3v) is 8.33. The second-order valence-corrected chi connectivity index (χ2v) is 12.1. The topological polar surface area (TPSA) is 13.1 Å². The van der Waals surface area contributed by atoms with Crippen LogP contribution in [0.5, 0.6) is 11.5 Å². The Morgan fingerprint density at radius 1 is 0.872 bits per heavy atom.